The van der Waals surface area contributed by atoms with Crippen molar-refractivity contribution in [1.82, 2.24) is 0 Å². The molecule has 1 atom stereocenters. The number of aliphatic hydroxyl groups excluding tert-OH is 1. The number of benzene rings is 1. The van der Waals surface area contributed by atoms with Gasteiger partial charge in [0.25, 0.3) is 0 Å². The lowest BCUT2D eigenvalue weighted by atomic mass is 10.2. The Balaban J connectivity index is 2.43. The third-order valence-corrected chi connectivity index (χ3v) is 1.88. The van der Waals surface area contributed by atoms with Gasteiger partial charge in [-0.05, 0) is 24.1 Å². The van der Waals surface area contributed by atoms with Crippen LogP contribution < -0.4 is 4.74 Å². The molecule has 15 heavy (non-hydrogen) atoms. The molecule has 0 aliphatic heterocycles. The van der Waals surface area contributed by atoms with Crippen LogP contribution in [0.25, 0.3) is 10.4 Å². The topological polar surface area (TPSA) is 78.2 Å². The minimum absolute atomic E-state index is 0.0301. The Morgan fingerprint density at radius 2 is 2.27 bits per heavy atom. The molecule has 80 valence electrons. The lowest BCUT2D eigenvalue weighted by molar-refractivity contribution is 0.114. The second-order valence-corrected chi connectivity index (χ2v) is 3.14. The highest BCUT2D eigenvalue weighted by Crippen LogP contribution is 2.16. The maximum absolute atomic E-state index is 9.34. The van der Waals surface area contributed by atoms with Crippen LogP contribution in [0.4, 0.5) is 0 Å². The van der Waals surface area contributed by atoms with Crippen LogP contribution in [-0.2, 0) is 0 Å². The number of aliphatic hydroxyl groups is 1. The fourth-order valence-electron chi connectivity index (χ4n) is 1.09. The van der Waals surface area contributed by atoms with Crippen LogP contribution >= 0.6 is 0 Å². The van der Waals surface area contributed by atoms with Crippen molar-refractivity contribution >= 4 is 0 Å². The number of hydrogen-bond acceptors (Lipinski definition) is 3. The number of hydrogen-bond donors (Lipinski definition) is 1. The second kappa shape index (κ2) is 5.90. The first-order valence-corrected chi connectivity index (χ1v) is 4.61. The lowest BCUT2D eigenvalue weighted by Crippen LogP contribution is -2.20. The zero-order chi connectivity index (χ0) is 11.1. The maximum Gasteiger partial charge on any atom is 0.122 e. The number of rotatable bonds is 5. The predicted molar refractivity (Wildman–Crippen MR) is 56.7 cm³/mol. The van der Waals surface area contributed by atoms with E-state index in [0.29, 0.717) is 0 Å². The number of para-hydroxylation sites is 1. The van der Waals surface area contributed by atoms with Crippen LogP contribution in [0.1, 0.15) is 5.56 Å². The van der Waals surface area contributed by atoms with Crippen LogP contribution in [-0.4, -0.2) is 24.4 Å². The van der Waals surface area contributed by atoms with Gasteiger partial charge in [0, 0.05) is 4.91 Å². The van der Waals surface area contributed by atoms with E-state index in [-0.39, 0.29) is 13.2 Å². The molecule has 5 nitrogen and oxygen atoms in total. The molecule has 0 aliphatic carbocycles. The summed E-state index contributed by atoms with van der Waals surface area (Å²) in [6.45, 7) is 2.08. The zero-order valence-corrected chi connectivity index (χ0v) is 8.50. The summed E-state index contributed by atoms with van der Waals surface area (Å²) < 4.78 is 5.36. The van der Waals surface area contributed by atoms with Crippen LogP contribution in [0.5, 0.6) is 5.75 Å². The molecule has 0 unspecified atom stereocenters. The largest absolute Gasteiger partial charge is 0.491 e. The standard InChI is InChI=1S/C10H13N3O2/c1-8-4-2-3-5-10(8)15-7-9(14)6-12-13-11/h2-5,9,14H,6-7H2,1H3/t9-/m1/s1. The van der Waals surface area contributed by atoms with Crippen LogP contribution in [0.15, 0.2) is 29.4 Å². The smallest absolute Gasteiger partial charge is 0.122 e. The van der Waals surface area contributed by atoms with E-state index in [0.717, 1.165) is 11.3 Å². The molecule has 0 saturated carbocycles. The van der Waals surface area contributed by atoms with Crippen LogP contribution in [0, 0.1) is 6.92 Å². The molecule has 0 radical (unpaired) electrons. The van der Waals surface area contributed by atoms with E-state index in [2.05, 4.69) is 10.0 Å². The van der Waals surface area contributed by atoms with Crippen molar-refractivity contribution in [3.8, 4) is 5.75 Å². The van der Waals surface area contributed by atoms with Crippen molar-refractivity contribution in [1.29, 1.82) is 0 Å². The molecule has 0 aliphatic rings. The molecule has 1 rings (SSSR count). The van der Waals surface area contributed by atoms with Crippen molar-refractivity contribution in [2.75, 3.05) is 13.2 Å². The van der Waals surface area contributed by atoms with Crippen molar-refractivity contribution in [3.63, 3.8) is 0 Å². The molecule has 0 saturated heterocycles. The Hall–Kier alpha value is -1.71. The minimum Gasteiger partial charge on any atom is -0.491 e. The fourth-order valence-corrected chi connectivity index (χ4v) is 1.09. The molecule has 0 amide bonds. The van der Waals surface area contributed by atoms with E-state index in [1.807, 2.05) is 31.2 Å². The van der Waals surface area contributed by atoms with Gasteiger partial charge in [0.1, 0.15) is 12.4 Å². The first kappa shape index (κ1) is 11.4. The molecule has 0 aromatic heterocycles. The molecule has 1 aromatic rings. The molecule has 0 bridgehead atoms. The van der Waals surface area contributed by atoms with Gasteiger partial charge >= 0.3 is 0 Å². The summed E-state index contributed by atoms with van der Waals surface area (Å²) in [5, 5.41) is 12.6. The first-order valence-electron chi connectivity index (χ1n) is 4.61. The predicted octanol–water partition coefficient (Wildman–Crippen LogP) is 2.05. The number of ether oxygens (including phenoxy) is 1. The van der Waals surface area contributed by atoms with E-state index < -0.39 is 6.10 Å². The number of azide groups is 1. The van der Waals surface area contributed by atoms with Gasteiger partial charge in [-0.1, -0.05) is 23.3 Å². The molecule has 1 aromatic carbocycles. The van der Waals surface area contributed by atoms with Gasteiger partial charge in [-0.3, -0.25) is 0 Å². The molecule has 1 N–H and O–H groups in total. The Kier molecular flexibility index (Phi) is 4.47. The van der Waals surface area contributed by atoms with Gasteiger partial charge in [0.05, 0.1) is 12.6 Å². The lowest BCUT2D eigenvalue weighted by Gasteiger charge is -2.11. The Morgan fingerprint density at radius 3 is 2.93 bits per heavy atom. The molecular weight excluding hydrogens is 194 g/mol. The highest BCUT2D eigenvalue weighted by molar-refractivity contribution is 5.31. The first-order chi connectivity index (χ1) is 7.24. The fraction of sp³-hybridized carbons (Fsp3) is 0.400. The normalized spacial score (nSPS) is 11.6. The zero-order valence-electron chi connectivity index (χ0n) is 8.50. The van der Waals surface area contributed by atoms with Gasteiger partial charge < -0.3 is 9.84 Å². The monoisotopic (exact) mass is 207 g/mol. The Bertz CT molecular complexity index is 361. The summed E-state index contributed by atoms with van der Waals surface area (Å²) in [6, 6.07) is 7.53. The van der Waals surface area contributed by atoms with Crippen molar-refractivity contribution in [3.05, 3.63) is 40.3 Å². The van der Waals surface area contributed by atoms with Gasteiger partial charge in [0.2, 0.25) is 0 Å². The Labute approximate surface area is 87.9 Å². The molecule has 0 spiro atoms. The summed E-state index contributed by atoms with van der Waals surface area (Å²) in [4.78, 5) is 2.56. The average molecular weight is 207 g/mol. The van der Waals surface area contributed by atoms with Crippen molar-refractivity contribution < 1.29 is 9.84 Å². The summed E-state index contributed by atoms with van der Waals surface area (Å²) in [5.74, 6) is 0.734. The summed E-state index contributed by atoms with van der Waals surface area (Å²) >= 11 is 0. The highest BCUT2D eigenvalue weighted by atomic mass is 16.5. The number of aryl methyl sites for hydroxylation is 1. The Morgan fingerprint density at radius 1 is 1.53 bits per heavy atom. The van der Waals surface area contributed by atoms with Gasteiger partial charge in [0.15, 0.2) is 0 Å². The second-order valence-electron chi connectivity index (χ2n) is 3.14. The maximum atomic E-state index is 9.34. The quantitative estimate of drug-likeness (QED) is 0.455. The van der Waals surface area contributed by atoms with E-state index in [4.69, 9.17) is 10.3 Å². The van der Waals surface area contributed by atoms with E-state index in [9.17, 15) is 5.11 Å². The highest BCUT2D eigenvalue weighted by Gasteiger charge is 2.04. The SMILES string of the molecule is Cc1ccccc1OC[C@H](O)CN=[N+]=[N-]. The van der Waals surface area contributed by atoms with Crippen LogP contribution in [0.2, 0.25) is 0 Å². The minimum atomic E-state index is -0.763. The number of nitrogens with zero attached hydrogens (tertiary/aromatic N) is 3. The van der Waals surface area contributed by atoms with Crippen molar-refractivity contribution in [2.45, 2.75) is 13.0 Å². The van der Waals surface area contributed by atoms with E-state index >= 15 is 0 Å². The molecular formula is C10H13N3O2. The average Bonchev–Trinajstić information content (AvgIpc) is 2.25. The molecule has 0 fully saturated rings. The van der Waals surface area contributed by atoms with Crippen molar-refractivity contribution in [2.24, 2.45) is 5.11 Å². The summed E-state index contributed by atoms with van der Waals surface area (Å²) in [7, 11) is 0. The third kappa shape index (κ3) is 3.89. The summed E-state index contributed by atoms with van der Waals surface area (Å²) in [6.07, 6.45) is -0.763. The van der Waals surface area contributed by atoms with E-state index in [1.165, 1.54) is 0 Å². The van der Waals surface area contributed by atoms with Gasteiger partial charge in [-0.15, -0.1) is 0 Å². The summed E-state index contributed by atoms with van der Waals surface area (Å²) in [5.41, 5.74) is 9.06. The van der Waals surface area contributed by atoms with Gasteiger partial charge in [-0.2, -0.15) is 0 Å². The molecule has 5 heteroatoms. The van der Waals surface area contributed by atoms with Crippen LogP contribution in [0.3, 0.4) is 0 Å². The molecule has 0 heterocycles. The van der Waals surface area contributed by atoms with Gasteiger partial charge in [-0.25, -0.2) is 0 Å². The van der Waals surface area contributed by atoms with E-state index in [1.54, 1.807) is 0 Å². The third-order valence-electron chi connectivity index (χ3n) is 1.88.